The number of methoxy groups -OCH3 is 2. The van der Waals surface area contributed by atoms with E-state index < -0.39 is 59.8 Å². The Morgan fingerprint density at radius 2 is 1.09 bits per heavy atom. The van der Waals surface area contributed by atoms with Crippen LogP contribution in [0.15, 0.2) is 217 Å². The Kier molecular flexibility index (Phi) is 17.4. The fourth-order valence-electron chi connectivity index (χ4n) is 12.1. The van der Waals surface area contributed by atoms with E-state index in [1.165, 1.54) is 16.8 Å². The number of alkyl carbamates (subject to hydrolysis) is 2. The van der Waals surface area contributed by atoms with Gasteiger partial charge in [-0.2, -0.15) is 4.98 Å². The van der Waals surface area contributed by atoms with E-state index in [0.717, 1.165) is 61.2 Å². The highest BCUT2D eigenvalue weighted by Gasteiger charge is 2.43. The molecule has 1 saturated heterocycles. The van der Waals surface area contributed by atoms with Crippen molar-refractivity contribution in [1.29, 1.82) is 0 Å². The van der Waals surface area contributed by atoms with Crippen LogP contribution in [-0.2, 0) is 35.9 Å². The number of aliphatic hydroxyl groups excluding tert-OH is 1. The molecule has 0 bridgehead atoms. The quantitative estimate of drug-likeness (QED) is 0.0423. The molecule has 18 nitrogen and oxygen atoms in total. The number of amides is 4. The van der Waals surface area contributed by atoms with Crippen molar-refractivity contribution < 1.29 is 52.7 Å². The number of benzene rings is 8. The van der Waals surface area contributed by atoms with Crippen molar-refractivity contribution in [3.05, 3.63) is 273 Å². The molecule has 0 radical (unpaired) electrons. The molecule has 450 valence electrons. The molecular weight excluding hydrogens is 1130 g/mol. The maximum absolute atomic E-state index is 14.0. The molecule has 4 amide bonds. The summed E-state index contributed by atoms with van der Waals surface area (Å²) in [5.41, 5.74) is 9.76. The molecule has 3 aliphatic rings. The van der Waals surface area contributed by atoms with Crippen LogP contribution in [0.5, 0.6) is 11.5 Å². The number of aliphatic hydroxyl groups is 1. The summed E-state index contributed by atoms with van der Waals surface area (Å²) < 4.78 is 37.1. The molecule has 4 atom stereocenters. The van der Waals surface area contributed by atoms with Gasteiger partial charge in [0.15, 0.2) is 0 Å². The van der Waals surface area contributed by atoms with E-state index in [0.29, 0.717) is 17.1 Å². The molecule has 2 unspecified atom stereocenters. The van der Waals surface area contributed by atoms with Crippen LogP contribution in [-0.4, -0.2) is 97.5 Å². The van der Waals surface area contributed by atoms with Crippen LogP contribution in [0.4, 0.5) is 15.4 Å². The number of anilines is 1. The van der Waals surface area contributed by atoms with Gasteiger partial charge in [0, 0.05) is 36.6 Å². The van der Waals surface area contributed by atoms with E-state index in [4.69, 9.17) is 28.4 Å². The zero-order valence-corrected chi connectivity index (χ0v) is 48.7. The number of nitrogens with one attached hydrogen (secondary N) is 4. The van der Waals surface area contributed by atoms with Crippen LogP contribution in [0, 0.1) is 0 Å². The first-order valence-corrected chi connectivity index (χ1v) is 29.3. The van der Waals surface area contributed by atoms with E-state index >= 15 is 0 Å². The Morgan fingerprint density at radius 3 is 1.61 bits per heavy atom. The zero-order valence-electron chi connectivity index (χ0n) is 48.7. The van der Waals surface area contributed by atoms with Crippen LogP contribution < -0.4 is 36.4 Å². The van der Waals surface area contributed by atoms with Gasteiger partial charge in [-0.3, -0.25) is 14.2 Å². The van der Waals surface area contributed by atoms with Crippen LogP contribution in [0.25, 0.3) is 22.3 Å². The molecule has 0 spiro atoms. The lowest BCUT2D eigenvalue weighted by molar-refractivity contribution is -0.123. The molecule has 1 aromatic heterocycles. The number of rotatable bonds is 21. The van der Waals surface area contributed by atoms with Crippen molar-refractivity contribution in [1.82, 2.24) is 25.5 Å². The lowest BCUT2D eigenvalue weighted by Crippen LogP contribution is -2.52. The van der Waals surface area contributed by atoms with E-state index in [1.54, 1.807) is 38.5 Å². The minimum absolute atomic E-state index is 0.00134. The number of nitrogens with zero attached hydrogens (tertiary/aromatic N) is 2. The summed E-state index contributed by atoms with van der Waals surface area (Å²) >= 11 is 0. The Labute approximate surface area is 513 Å². The molecule has 2 aliphatic carbocycles. The normalized spacial score (nSPS) is 16.0. The predicted octanol–water partition coefficient (Wildman–Crippen LogP) is 10.2. The lowest BCUT2D eigenvalue weighted by atomic mass is 9.80. The summed E-state index contributed by atoms with van der Waals surface area (Å²) in [6.07, 6.45) is -2.90. The lowest BCUT2D eigenvalue weighted by Gasteiger charge is -2.37. The third kappa shape index (κ3) is 12.5. The number of hydrogen-bond acceptors (Lipinski definition) is 13. The second-order valence-electron chi connectivity index (χ2n) is 21.8. The van der Waals surface area contributed by atoms with E-state index in [-0.39, 0.29) is 62.5 Å². The van der Waals surface area contributed by atoms with Crippen LogP contribution >= 0.6 is 0 Å². The molecule has 8 aromatic carbocycles. The van der Waals surface area contributed by atoms with Gasteiger partial charge in [0.25, 0.3) is 5.91 Å². The Balaban J connectivity index is 0.671. The number of ether oxygens (including phenoxy) is 6. The van der Waals surface area contributed by atoms with Crippen molar-refractivity contribution in [2.45, 2.75) is 54.9 Å². The minimum Gasteiger partial charge on any atom is -0.497 e. The first-order chi connectivity index (χ1) is 43.5. The van der Waals surface area contributed by atoms with Gasteiger partial charge in [0.1, 0.15) is 54.5 Å². The third-order valence-electron chi connectivity index (χ3n) is 16.7. The SMILES string of the molecule is COc1ccc(C(OC[C@H]2O[C@@H](n3ccc(NC(=O)c4ccc(CNC(=O)C(CNC(=O)OCC5c6ccccc6-c6ccccc65)NC(=O)OCC5c6ccccc6-c6ccccc65)cc4)nc3=O)CC2O)(c2ccccc2)c2ccc(OC)cc2)cc1. The van der Waals surface area contributed by atoms with Gasteiger partial charge in [-0.15, -0.1) is 0 Å². The monoisotopic (exact) mass is 1190 g/mol. The maximum Gasteiger partial charge on any atom is 0.407 e. The van der Waals surface area contributed by atoms with E-state index in [9.17, 15) is 29.1 Å². The van der Waals surface area contributed by atoms with Gasteiger partial charge in [-0.05, 0) is 109 Å². The van der Waals surface area contributed by atoms with Gasteiger partial charge < -0.3 is 54.8 Å². The summed E-state index contributed by atoms with van der Waals surface area (Å²) in [4.78, 5) is 72.2. The summed E-state index contributed by atoms with van der Waals surface area (Å²) in [6, 6.07) is 63.3. The summed E-state index contributed by atoms with van der Waals surface area (Å²) in [6.45, 7) is -0.371. The van der Waals surface area contributed by atoms with Gasteiger partial charge >= 0.3 is 17.9 Å². The highest BCUT2D eigenvalue weighted by atomic mass is 16.6. The second-order valence-corrected chi connectivity index (χ2v) is 21.8. The number of fused-ring (bicyclic) bond motifs is 6. The first kappa shape index (κ1) is 59.0. The number of aromatic nitrogens is 2. The molecule has 5 N–H and O–H groups in total. The van der Waals surface area contributed by atoms with Crippen molar-refractivity contribution >= 4 is 29.8 Å². The number of hydrogen-bond donors (Lipinski definition) is 5. The Morgan fingerprint density at radius 1 is 0.596 bits per heavy atom. The molecule has 1 aliphatic heterocycles. The fourth-order valence-corrected chi connectivity index (χ4v) is 12.1. The first-order valence-electron chi connectivity index (χ1n) is 29.3. The highest BCUT2D eigenvalue weighted by Crippen LogP contribution is 2.47. The zero-order chi connectivity index (χ0) is 61.4. The Hall–Kier alpha value is -10.4. The van der Waals surface area contributed by atoms with Crippen molar-refractivity contribution in [2.75, 3.05) is 45.9 Å². The van der Waals surface area contributed by atoms with E-state index in [2.05, 4.69) is 26.3 Å². The molecule has 18 heteroatoms. The topological polar surface area (TPSA) is 227 Å². The average molecular weight is 1190 g/mol. The smallest absolute Gasteiger partial charge is 0.407 e. The average Bonchev–Trinajstić information content (AvgIpc) is 2.35. The number of carbonyl (C=O) groups excluding carboxylic acids is 4. The summed E-state index contributed by atoms with van der Waals surface area (Å²) in [5.74, 6) is -0.286. The van der Waals surface area contributed by atoms with Gasteiger partial charge in [0.2, 0.25) is 5.91 Å². The summed E-state index contributed by atoms with van der Waals surface area (Å²) in [5, 5.41) is 22.2. The van der Waals surface area contributed by atoms with E-state index in [1.807, 2.05) is 176 Å². The number of carbonyl (C=O) groups is 4. The minimum atomic E-state index is -1.29. The van der Waals surface area contributed by atoms with Gasteiger partial charge in [0.05, 0.1) is 33.5 Å². The maximum atomic E-state index is 14.0. The second kappa shape index (κ2) is 26.3. The Bertz CT molecular complexity index is 3950. The highest BCUT2D eigenvalue weighted by molar-refractivity contribution is 6.03. The predicted molar refractivity (Wildman–Crippen MR) is 333 cm³/mol. The molecule has 9 aromatic rings. The molecular formula is C71H64N6O12. The largest absolute Gasteiger partial charge is 0.497 e. The van der Waals surface area contributed by atoms with Crippen LogP contribution in [0.2, 0.25) is 0 Å². The van der Waals surface area contributed by atoms with Crippen molar-refractivity contribution in [3.63, 3.8) is 0 Å². The molecule has 1 fully saturated rings. The van der Waals surface area contributed by atoms with Crippen molar-refractivity contribution in [2.24, 2.45) is 0 Å². The van der Waals surface area contributed by atoms with Crippen molar-refractivity contribution in [3.8, 4) is 33.8 Å². The standard InChI is InChI=1S/C71H64N6O12/c1-84-49-32-28-47(29-33-49)71(46-14-4-3-5-15-46,48-30-34-50(85-2)35-31-48)88-43-63-62(78)38-65(89-63)77-37-36-64(76-68(77)81)75-66(79)45-26-24-44(25-27-45)39-72-67(80)61(74-70(83)87-42-60-57-22-12-8-18-53(57)54-19-9-13-23-58(54)60)40-73-69(82)86-41-59-55-20-10-6-16-51(55)52-17-7-11-21-56(52)59/h3-37,59-63,65,78H,38-43H2,1-2H3,(H,72,80)(H,73,82)(H,74,83)(H,75,76,79,81)/t61?,62?,63-,65-/m1/s1. The molecule has 89 heavy (non-hydrogen) atoms. The third-order valence-corrected chi connectivity index (χ3v) is 16.7. The molecule has 0 saturated carbocycles. The summed E-state index contributed by atoms with van der Waals surface area (Å²) in [7, 11) is 3.20. The molecule has 2 heterocycles. The van der Waals surface area contributed by atoms with Crippen LogP contribution in [0.3, 0.4) is 0 Å². The van der Waals surface area contributed by atoms with Gasteiger partial charge in [-0.25, -0.2) is 14.4 Å². The van der Waals surface area contributed by atoms with Gasteiger partial charge in [-0.1, -0.05) is 164 Å². The van der Waals surface area contributed by atoms with Crippen LogP contribution in [0.1, 0.15) is 79.4 Å². The molecule has 12 rings (SSSR count). The fraction of sp³-hybridized carbons (Fsp3) is 0.211.